The van der Waals surface area contributed by atoms with Gasteiger partial charge in [0.25, 0.3) is 0 Å². The fraction of sp³-hybridized carbons (Fsp3) is 0.0952. The summed E-state index contributed by atoms with van der Waals surface area (Å²) in [5.74, 6) is 0. The van der Waals surface area contributed by atoms with E-state index in [2.05, 4.69) is 69.5 Å². The Kier molecular flexibility index (Phi) is 6.65. The molecule has 2 aliphatic carbocycles. The molecule has 1 nitrogen and oxygen atoms in total. The first-order valence-electron chi connectivity index (χ1n) is 8.31. The number of benzene rings is 2. The molecule has 0 saturated carbocycles. The molecule has 3 aromatic rings. The third-order valence-electron chi connectivity index (χ3n) is 5.05. The van der Waals surface area contributed by atoms with Gasteiger partial charge in [-0.05, 0) is 0 Å². The van der Waals surface area contributed by atoms with Crippen LogP contribution in [-0.2, 0) is 32.6 Å². The summed E-state index contributed by atoms with van der Waals surface area (Å²) in [6.07, 6.45) is 10.5. The van der Waals surface area contributed by atoms with Crippen LogP contribution in [0.5, 0.6) is 0 Å². The van der Waals surface area contributed by atoms with Gasteiger partial charge in [-0.15, -0.1) is 0 Å². The Bertz CT molecular complexity index is 1100. The van der Waals surface area contributed by atoms with Gasteiger partial charge in [-0.1, -0.05) is 0 Å². The molecule has 0 aliphatic heterocycles. The predicted molar refractivity (Wildman–Crippen MR) is 106 cm³/mol. The molecule has 1 aromatic heterocycles. The van der Waals surface area contributed by atoms with Crippen molar-refractivity contribution in [2.75, 3.05) is 0 Å². The average molecular weight is 554 g/mol. The number of allylic oxidation sites excluding steroid dienone is 1. The number of pyridine rings is 1. The topological polar surface area (TPSA) is 12.9 Å². The molecule has 134 valence electrons. The Morgan fingerprint density at radius 1 is 1.00 bits per heavy atom. The minimum absolute atomic E-state index is 0. The standard InChI is InChI=1S/C12H7BrN.C9H7.2ClH.S.Zr/c13-10-1-2-11-9(6-10)5-8-3-4-14-7-12(8)11;1-2-5-9-7-3-6-8(9)4-1;;;;/h1,3-4,6-7H,5H2;1-4,7H,6H2;2*1H;;/q;;;;;+2/p-2. The van der Waals surface area contributed by atoms with Gasteiger partial charge in [-0.25, -0.2) is 0 Å². The first kappa shape index (κ1) is 21.2. The molecular weight excluding hydrogens is 540 g/mol. The third kappa shape index (κ3) is 3.60. The molecule has 2 aromatic carbocycles. The summed E-state index contributed by atoms with van der Waals surface area (Å²) >= 11 is 1.31. The fourth-order valence-corrected chi connectivity index (χ4v) is 11.5. The van der Waals surface area contributed by atoms with Gasteiger partial charge >= 0.3 is 168 Å². The number of aromatic nitrogens is 1. The Balaban J connectivity index is 0.00000105. The molecule has 27 heavy (non-hydrogen) atoms. The van der Waals surface area contributed by atoms with Crippen LogP contribution in [0.1, 0.15) is 22.3 Å². The van der Waals surface area contributed by atoms with E-state index in [1.54, 1.807) is 0 Å². The molecule has 0 bridgehead atoms. The van der Waals surface area contributed by atoms with Crippen LogP contribution < -0.4 is 31.4 Å². The first-order valence-corrected chi connectivity index (χ1v) is 15.0. The van der Waals surface area contributed by atoms with Gasteiger partial charge < -0.3 is 24.8 Å². The summed E-state index contributed by atoms with van der Waals surface area (Å²) in [4.78, 5) is 4.37. The van der Waals surface area contributed by atoms with Crippen molar-refractivity contribution in [3.8, 4) is 11.1 Å². The fourth-order valence-electron chi connectivity index (χ4n) is 3.94. The number of hydrogen-bond acceptors (Lipinski definition) is 2. The van der Waals surface area contributed by atoms with Crippen molar-refractivity contribution in [2.45, 2.75) is 12.8 Å². The third-order valence-corrected chi connectivity index (χ3v) is 12.6. The Morgan fingerprint density at radius 3 is 2.70 bits per heavy atom. The van der Waals surface area contributed by atoms with E-state index in [1.807, 2.05) is 12.4 Å². The van der Waals surface area contributed by atoms with Crippen LogP contribution in [0.2, 0.25) is 0 Å². The van der Waals surface area contributed by atoms with Gasteiger partial charge in [-0.3, -0.25) is 0 Å². The van der Waals surface area contributed by atoms with E-state index in [0.717, 1.165) is 17.3 Å². The summed E-state index contributed by atoms with van der Waals surface area (Å²) in [7, 11) is 6.26. The van der Waals surface area contributed by atoms with Crippen molar-refractivity contribution in [3.63, 3.8) is 0 Å². The van der Waals surface area contributed by atoms with E-state index in [9.17, 15) is 0 Å². The summed E-state index contributed by atoms with van der Waals surface area (Å²) in [5, 5.41) is 0. The van der Waals surface area contributed by atoms with Crippen molar-refractivity contribution in [3.05, 3.63) is 81.6 Å². The maximum absolute atomic E-state index is 6.26. The van der Waals surface area contributed by atoms with Crippen molar-refractivity contribution in [2.24, 2.45) is 0 Å². The second kappa shape index (κ2) is 8.47. The predicted octanol–water partition coefficient (Wildman–Crippen LogP) is -1.33. The number of hydrogen-bond donors (Lipinski definition) is 0. The van der Waals surface area contributed by atoms with E-state index >= 15 is 0 Å². The Labute approximate surface area is 190 Å². The van der Waals surface area contributed by atoms with Crippen molar-refractivity contribution < 1.29 is 44.5 Å². The van der Waals surface area contributed by atoms with Crippen molar-refractivity contribution in [1.82, 2.24) is 4.98 Å². The molecule has 2 aliphatic rings. The van der Waals surface area contributed by atoms with Gasteiger partial charge in [0, 0.05) is 0 Å². The monoisotopic (exact) mass is 551 g/mol. The van der Waals surface area contributed by atoms with Crippen LogP contribution in [0.15, 0.2) is 59.3 Å². The second-order valence-corrected chi connectivity index (χ2v) is 14.1. The zero-order chi connectivity index (χ0) is 17.0. The number of fused-ring (bicyclic) bond motifs is 4. The SMILES string of the molecule is [Cl-].[Cl-].[S]=[Zr+2]([c]1cccc2c1C=CC2)[c]1cc(Br)cc2c1-c1cnccc1C2. The minimum atomic E-state index is -2.41. The van der Waals surface area contributed by atoms with E-state index in [1.165, 1.54) is 39.9 Å². The summed E-state index contributed by atoms with van der Waals surface area (Å²) < 4.78 is 3.98. The summed E-state index contributed by atoms with van der Waals surface area (Å²) in [5.41, 5.74) is 8.23. The van der Waals surface area contributed by atoms with Crippen LogP contribution in [0, 0.1) is 0 Å². The molecule has 6 heteroatoms. The van der Waals surface area contributed by atoms with Crippen LogP contribution in [0.4, 0.5) is 0 Å². The molecule has 0 fully saturated rings. The molecule has 0 atom stereocenters. The Hall–Kier alpha value is -0.507. The van der Waals surface area contributed by atoms with E-state index < -0.39 is 19.7 Å². The van der Waals surface area contributed by atoms with E-state index in [4.69, 9.17) is 8.86 Å². The summed E-state index contributed by atoms with van der Waals surface area (Å²) in [6.45, 7) is 0. The van der Waals surface area contributed by atoms with Crippen molar-refractivity contribution in [1.29, 1.82) is 0 Å². The molecule has 0 spiro atoms. The Morgan fingerprint density at radius 2 is 1.85 bits per heavy atom. The zero-order valence-corrected chi connectivity index (χ0v) is 20.5. The maximum atomic E-state index is 6.26. The van der Waals surface area contributed by atoms with Gasteiger partial charge in [0.15, 0.2) is 0 Å². The molecule has 0 saturated heterocycles. The molecule has 1 heterocycles. The van der Waals surface area contributed by atoms with Gasteiger partial charge in [0.05, 0.1) is 0 Å². The van der Waals surface area contributed by atoms with Gasteiger partial charge in [0.1, 0.15) is 0 Å². The first-order chi connectivity index (χ1) is 12.2. The molecule has 0 unspecified atom stereocenters. The molecule has 0 amide bonds. The van der Waals surface area contributed by atoms with Crippen LogP contribution >= 0.6 is 24.8 Å². The number of halogens is 3. The molecule has 0 radical (unpaired) electrons. The average Bonchev–Trinajstić information content (AvgIpc) is 3.23. The number of nitrogens with zero attached hydrogens (tertiary/aromatic N) is 1. The normalized spacial score (nSPS) is 12.1. The van der Waals surface area contributed by atoms with E-state index in [-0.39, 0.29) is 24.8 Å². The van der Waals surface area contributed by atoms with Crippen LogP contribution in [-0.4, -0.2) is 4.98 Å². The zero-order valence-electron chi connectivity index (χ0n) is 14.2. The van der Waals surface area contributed by atoms with Gasteiger partial charge in [-0.2, -0.15) is 0 Å². The quantitative estimate of drug-likeness (QED) is 0.305. The number of rotatable bonds is 2. The molecular formula is C21H14BrCl2NSZr. The summed E-state index contributed by atoms with van der Waals surface area (Å²) in [6, 6.07) is 13.3. The molecule has 0 N–H and O–H groups in total. The van der Waals surface area contributed by atoms with Crippen LogP contribution in [0.25, 0.3) is 17.2 Å². The molecule has 5 rings (SSSR count). The van der Waals surface area contributed by atoms with E-state index in [0.29, 0.717) is 0 Å². The van der Waals surface area contributed by atoms with Crippen molar-refractivity contribution >= 4 is 37.4 Å². The van der Waals surface area contributed by atoms with Crippen LogP contribution in [0.3, 0.4) is 0 Å². The van der Waals surface area contributed by atoms with Gasteiger partial charge in [0.2, 0.25) is 0 Å². The second-order valence-electron chi connectivity index (χ2n) is 6.51.